The molecule has 4 heteroatoms. The van der Waals surface area contributed by atoms with Crippen LogP contribution in [0, 0.1) is 17.1 Å². The lowest BCUT2D eigenvalue weighted by molar-refractivity contribution is 0.536. The Kier molecular flexibility index (Phi) is 5.13. The highest BCUT2D eigenvalue weighted by atomic mass is 19.1. The molecule has 21 heavy (non-hydrogen) atoms. The second-order valence-electron chi connectivity index (χ2n) is 5.06. The van der Waals surface area contributed by atoms with Gasteiger partial charge in [0.25, 0.3) is 0 Å². The second-order valence-corrected chi connectivity index (χ2v) is 5.06. The van der Waals surface area contributed by atoms with Gasteiger partial charge in [0.05, 0.1) is 5.56 Å². The van der Waals surface area contributed by atoms with Gasteiger partial charge >= 0.3 is 0 Å². The lowest BCUT2D eigenvalue weighted by Gasteiger charge is -2.14. The molecule has 2 rings (SSSR count). The summed E-state index contributed by atoms with van der Waals surface area (Å²) in [5.41, 5.74) is 2.27. The molecule has 1 aromatic carbocycles. The summed E-state index contributed by atoms with van der Waals surface area (Å²) in [4.78, 5) is 0. The van der Waals surface area contributed by atoms with Crippen molar-refractivity contribution in [2.24, 2.45) is 0 Å². The molecular weight excluding hydrogens is 265 g/mol. The number of hydrogen-bond acceptors (Lipinski definition) is 2. The van der Waals surface area contributed by atoms with Crippen molar-refractivity contribution in [3.05, 3.63) is 59.2 Å². The minimum absolute atomic E-state index is 0.0963. The maximum Gasteiger partial charge on any atom is 0.140 e. The Hall–Kier alpha value is -2.12. The van der Waals surface area contributed by atoms with Crippen molar-refractivity contribution in [3.8, 4) is 6.07 Å². The van der Waals surface area contributed by atoms with Gasteiger partial charge in [-0.05, 0) is 42.3 Å². The van der Waals surface area contributed by atoms with Crippen LogP contribution in [0.1, 0.15) is 43.0 Å². The molecule has 0 aliphatic carbocycles. The van der Waals surface area contributed by atoms with Crippen LogP contribution in [0.5, 0.6) is 0 Å². The smallest absolute Gasteiger partial charge is 0.140 e. The van der Waals surface area contributed by atoms with Crippen LogP contribution in [-0.4, -0.2) is 11.1 Å². The third-order valence-corrected chi connectivity index (χ3v) is 3.55. The number of hydrogen-bond donors (Lipinski definition) is 1. The van der Waals surface area contributed by atoms with Gasteiger partial charge in [0.1, 0.15) is 11.9 Å². The average molecular weight is 285 g/mol. The molecule has 1 unspecified atom stereocenters. The van der Waals surface area contributed by atoms with Gasteiger partial charge < -0.3 is 9.88 Å². The Morgan fingerprint density at radius 3 is 2.81 bits per heavy atom. The van der Waals surface area contributed by atoms with Gasteiger partial charge in [-0.25, -0.2) is 4.39 Å². The van der Waals surface area contributed by atoms with Gasteiger partial charge in [-0.1, -0.05) is 19.9 Å². The van der Waals surface area contributed by atoms with E-state index in [-0.39, 0.29) is 5.56 Å². The molecule has 0 fully saturated rings. The van der Waals surface area contributed by atoms with E-state index in [0.29, 0.717) is 12.6 Å². The number of rotatable bonds is 6. The van der Waals surface area contributed by atoms with Gasteiger partial charge in [-0.2, -0.15) is 5.26 Å². The molecule has 0 aliphatic heterocycles. The number of nitrogens with one attached hydrogen (secondary N) is 1. The van der Waals surface area contributed by atoms with E-state index < -0.39 is 5.82 Å². The van der Waals surface area contributed by atoms with Crippen LogP contribution < -0.4 is 5.32 Å². The van der Waals surface area contributed by atoms with Crippen molar-refractivity contribution in [1.82, 2.24) is 9.88 Å². The first-order valence-corrected chi connectivity index (χ1v) is 7.25. The molecule has 0 aliphatic rings. The van der Waals surface area contributed by atoms with E-state index in [1.165, 1.54) is 11.6 Å². The molecular formula is C17H20FN3. The highest BCUT2D eigenvalue weighted by Gasteiger charge is 2.09. The van der Waals surface area contributed by atoms with E-state index in [1.54, 1.807) is 12.1 Å². The van der Waals surface area contributed by atoms with Crippen LogP contribution in [0.3, 0.4) is 0 Å². The lowest BCUT2D eigenvalue weighted by atomic mass is 10.1. The van der Waals surface area contributed by atoms with E-state index in [9.17, 15) is 4.39 Å². The Balaban J connectivity index is 2.14. The predicted molar refractivity (Wildman–Crippen MR) is 81.4 cm³/mol. The number of benzene rings is 1. The number of aromatic nitrogens is 1. The van der Waals surface area contributed by atoms with Gasteiger partial charge in [0, 0.05) is 25.0 Å². The Morgan fingerprint density at radius 1 is 1.33 bits per heavy atom. The zero-order valence-electron chi connectivity index (χ0n) is 12.4. The molecule has 0 bridgehead atoms. The number of halogens is 1. The average Bonchev–Trinajstić information content (AvgIpc) is 2.95. The molecule has 1 aromatic heterocycles. The monoisotopic (exact) mass is 285 g/mol. The third kappa shape index (κ3) is 3.71. The summed E-state index contributed by atoms with van der Waals surface area (Å²) in [6, 6.07) is 9.02. The van der Waals surface area contributed by atoms with Crippen molar-refractivity contribution < 1.29 is 4.39 Å². The maximum atomic E-state index is 13.3. The Labute approximate surface area is 125 Å². The first-order chi connectivity index (χ1) is 10.2. The Bertz CT molecular complexity index is 640. The minimum Gasteiger partial charge on any atom is -0.350 e. The van der Waals surface area contributed by atoms with Gasteiger partial charge in [-0.3, -0.25) is 0 Å². The molecule has 2 aromatic rings. The normalized spacial score (nSPS) is 12.1. The summed E-state index contributed by atoms with van der Waals surface area (Å²) in [7, 11) is 0. The van der Waals surface area contributed by atoms with E-state index in [2.05, 4.69) is 36.0 Å². The van der Waals surface area contributed by atoms with Gasteiger partial charge in [0.15, 0.2) is 0 Å². The molecule has 0 saturated carbocycles. The lowest BCUT2D eigenvalue weighted by Crippen LogP contribution is -2.19. The van der Waals surface area contributed by atoms with Crippen molar-refractivity contribution >= 4 is 0 Å². The fraction of sp³-hybridized carbons (Fsp3) is 0.353. The SMILES string of the molecule is CCNC(CC)c1ccn(Cc2ccc(F)c(C#N)c2)c1. The standard InChI is InChI=1S/C17H20FN3/c1-3-17(20-4-2)14-7-8-21(12-14)11-13-5-6-16(18)15(9-13)10-19/h5-9,12,17,20H,3-4,11H2,1-2H3. The van der Waals surface area contributed by atoms with Crippen molar-refractivity contribution in [2.75, 3.05) is 6.54 Å². The zero-order chi connectivity index (χ0) is 15.2. The molecule has 0 saturated heterocycles. The predicted octanol–water partition coefficient (Wildman–Crippen LogP) is 3.61. The van der Waals surface area contributed by atoms with Crippen molar-refractivity contribution in [2.45, 2.75) is 32.9 Å². The van der Waals surface area contributed by atoms with E-state index >= 15 is 0 Å². The summed E-state index contributed by atoms with van der Waals surface area (Å²) < 4.78 is 15.4. The topological polar surface area (TPSA) is 40.8 Å². The van der Waals surface area contributed by atoms with Crippen LogP contribution in [0.2, 0.25) is 0 Å². The van der Waals surface area contributed by atoms with Crippen molar-refractivity contribution in [3.63, 3.8) is 0 Å². The fourth-order valence-corrected chi connectivity index (χ4v) is 2.48. The second kappa shape index (κ2) is 7.05. The summed E-state index contributed by atoms with van der Waals surface area (Å²) in [5.74, 6) is -0.465. The molecule has 3 nitrogen and oxygen atoms in total. The van der Waals surface area contributed by atoms with Crippen LogP contribution in [0.25, 0.3) is 0 Å². The highest BCUT2D eigenvalue weighted by molar-refractivity contribution is 5.34. The molecule has 0 amide bonds. The molecule has 1 N–H and O–H groups in total. The summed E-state index contributed by atoms with van der Waals surface area (Å²) >= 11 is 0. The first-order valence-electron chi connectivity index (χ1n) is 7.25. The number of nitrogens with zero attached hydrogens (tertiary/aromatic N) is 2. The summed E-state index contributed by atoms with van der Waals surface area (Å²) in [6.45, 7) is 5.83. The maximum absolute atomic E-state index is 13.3. The van der Waals surface area contributed by atoms with Crippen LogP contribution in [-0.2, 0) is 6.54 Å². The molecule has 0 spiro atoms. The zero-order valence-corrected chi connectivity index (χ0v) is 12.4. The van der Waals surface area contributed by atoms with Crippen molar-refractivity contribution in [1.29, 1.82) is 5.26 Å². The van der Waals surface area contributed by atoms with Gasteiger partial charge in [-0.15, -0.1) is 0 Å². The summed E-state index contributed by atoms with van der Waals surface area (Å²) in [5, 5.41) is 12.3. The largest absolute Gasteiger partial charge is 0.350 e. The summed E-state index contributed by atoms with van der Waals surface area (Å²) in [6.07, 6.45) is 5.16. The van der Waals surface area contributed by atoms with Gasteiger partial charge in [0.2, 0.25) is 0 Å². The van der Waals surface area contributed by atoms with Crippen LogP contribution >= 0.6 is 0 Å². The Morgan fingerprint density at radius 2 is 2.14 bits per heavy atom. The quantitative estimate of drug-likeness (QED) is 0.881. The third-order valence-electron chi connectivity index (χ3n) is 3.55. The highest BCUT2D eigenvalue weighted by Crippen LogP contribution is 2.18. The molecule has 1 atom stereocenters. The van der Waals surface area contributed by atoms with Crippen LogP contribution in [0.15, 0.2) is 36.7 Å². The number of nitriles is 1. The molecule has 1 heterocycles. The fourth-order valence-electron chi connectivity index (χ4n) is 2.48. The first kappa shape index (κ1) is 15.3. The van der Waals surface area contributed by atoms with Crippen LogP contribution in [0.4, 0.5) is 4.39 Å². The van der Waals surface area contributed by atoms with E-state index in [4.69, 9.17) is 5.26 Å². The minimum atomic E-state index is -0.465. The molecule has 110 valence electrons. The van der Waals surface area contributed by atoms with E-state index in [0.717, 1.165) is 18.5 Å². The molecule has 0 radical (unpaired) electrons. The van der Waals surface area contributed by atoms with E-state index in [1.807, 2.05) is 12.3 Å².